The number of hydrogen-bond acceptors (Lipinski definition) is 4. The van der Waals surface area contributed by atoms with Crippen LogP contribution in [0.2, 0.25) is 0 Å². The van der Waals surface area contributed by atoms with Crippen LogP contribution in [0.1, 0.15) is 11.3 Å². The number of hydrogen-bond donors (Lipinski definition) is 1. The maximum Gasteiger partial charge on any atom is 0.147 e. The fraction of sp³-hybridized carbons (Fsp3) is 0.0769. The van der Waals surface area contributed by atoms with E-state index in [4.69, 9.17) is 15.7 Å². The minimum atomic E-state index is 0.277. The molecule has 0 atom stereocenters. The molecule has 0 fully saturated rings. The van der Waals surface area contributed by atoms with Crippen molar-refractivity contribution in [1.29, 1.82) is 5.26 Å². The Kier molecular flexibility index (Phi) is 3.80. The Labute approximate surface area is 113 Å². The molecule has 0 radical (unpaired) electrons. The summed E-state index contributed by atoms with van der Waals surface area (Å²) in [4.78, 5) is 3.97. The molecule has 90 valence electrons. The van der Waals surface area contributed by atoms with Crippen LogP contribution in [0.3, 0.4) is 0 Å². The second-order valence-corrected chi connectivity index (χ2v) is 4.36. The number of halogens is 1. The fourth-order valence-electron chi connectivity index (χ4n) is 1.45. The first-order valence-corrected chi connectivity index (χ1v) is 6.02. The van der Waals surface area contributed by atoms with Crippen LogP contribution in [0, 0.1) is 11.3 Å². The van der Waals surface area contributed by atoms with Crippen molar-refractivity contribution in [3.8, 4) is 11.8 Å². The van der Waals surface area contributed by atoms with E-state index in [9.17, 15) is 0 Å². The third-order valence-electron chi connectivity index (χ3n) is 2.37. The standard InChI is InChI=1S/C13H10BrN3O/c14-13-10(16)4-1-5-12(13)18-8-9-3-2-6-17-11(9)7-15/h1-6H,8,16H2. The zero-order valence-electron chi connectivity index (χ0n) is 9.43. The number of nitrogen functional groups attached to an aromatic ring is 1. The number of pyridine rings is 1. The molecule has 2 aromatic rings. The lowest BCUT2D eigenvalue weighted by Gasteiger charge is -2.10. The van der Waals surface area contributed by atoms with Gasteiger partial charge in [0.05, 0.1) is 4.47 Å². The lowest BCUT2D eigenvalue weighted by Crippen LogP contribution is -2.01. The number of ether oxygens (including phenoxy) is 1. The summed E-state index contributed by atoms with van der Waals surface area (Å²) in [5.41, 5.74) is 7.48. The normalized spacial score (nSPS) is 9.78. The van der Waals surface area contributed by atoms with Gasteiger partial charge in [0.2, 0.25) is 0 Å². The molecule has 0 aliphatic heterocycles. The first kappa shape index (κ1) is 12.4. The van der Waals surface area contributed by atoms with E-state index in [0.29, 0.717) is 21.6 Å². The fourth-order valence-corrected chi connectivity index (χ4v) is 1.83. The SMILES string of the molecule is N#Cc1ncccc1COc1cccc(N)c1Br. The van der Waals surface area contributed by atoms with E-state index in [2.05, 4.69) is 20.9 Å². The highest BCUT2D eigenvalue weighted by atomic mass is 79.9. The van der Waals surface area contributed by atoms with Gasteiger partial charge in [0.25, 0.3) is 0 Å². The van der Waals surface area contributed by atoms with E-state index >= 15 is 0 Å². The molecule has 0 aliphatic rings. The second-order valence-electron chi connectivity index (χ2n) is 3.57. The van der Waals surface area contributed by atoms with E-state index < -0.39 is 0 Å². The highest BCUT2D eigenvalue weighted by molar-refractivity contribution is 9.10. The number of nitrogens with zero attached hydrogens (tertiary/aromatic N) is 2. The van der Waals surface area contributed by atoms with Gasteiger partial charge in [0.1, 0.15) is 24.1 Å². The molecule has 0 amide bonds. The molecule has 2 rings (SSSR count). The quantitative estimate of drug-likeness (QED) is 0.885. The van der Waals surface area contributed by atoms with Crippen LogP contribution in [0.4, 0.5) is 5.69 Å². The van der Waals surface area contributed by atoms with E-state index in [1.807, 2.05) is 24.3 Å². The van der Waals surface area contributed by atoms with Crippen molar-refractivity contribution in [1.82, 2.24) is 4.98 Å². The van der Waals surface area contributed by atoms with Crippen molar-refractivity contribution in [2.24, 2.45) is 0 Å². The monoisotopic (exact) mass is 303 g/mol. The molecule has 2 N–H and O–H groups in total. The highest BCUT2D eigenvalue weighted by Gasteiger charge is 2.07. The Morgan fingerprint density at radius 2 is 2.17 bits per heavy atom. The third-order valence-corrected chi connectivity index (χ3v) is 3.22. The molecule has 0 unspecified atom stereocenters. The van der Waals surface area contributed by atoms with Crippen LogP contribution in [0.25, 0.3) is 0 Å². The van der Waals surface area contributed by atoms with Crippen LogP contribution >= 0.6 is 15.9 Å². The van der Waals surface area contributed by atoms with Gasteiger partial charge in [-0.2, -0.15) is 5.26 Å². The van der Waals surface area contributed by atoms with Crippen molar-refractivity contribution >= 4 is 21.6 Å². The summed E-state index contributed by atoms with van der Waals surface area (Å²) >= 11 is 3.36. The van der Waals surface area contributed by atoms with Crippen molar-refractivity contribution in [3.05, 3.63) is 52.3 Å². The molecule has 5 heteroatoms. The van der Waals surface area contributed by atoms with Crippen LogP contribution in [0.15, 0.2) is 41.0 Å². The average molecular weight is 304 g/mol. The maximum atomic E-state index is 8.92. The first-order valence-electron chi connectivity index (χ1n) is 5.23. The van der Waals surface area contributed by atoms with Crippen LogP contribution in [0.5, 0.6) is 5.75 Å². The molecule has 1 aromatic heterocycles. The predicted octanol–water partition coefficient (Wildman–Crippen LogP) is 2.88. The average Bonchev–Trinajstić information content (AvgIpc) is 2.41. The van der Waals surface area contributed by atoms with Crippen molar-refractivity contribution < 1.29 is 4.74 Å². The molecule has 1 heterocycles. The summed E-state index contributed by atoms with van der Waals surface area (Å²) in [7, 11) is 0. The smallest absolute Gasteiger partial charge is 0.147 e. The van der Waals surface area contributed by atoms with E-state index in [1.54, 1.807) is 18.3 Å². The highest BCUT2D eigenvalue weighted by Crippen LogP contribution is 2.30. The summed E-state index contributed by atoms with van der Waals surface area (Å²) in [6.07, 6.45) is 1.58. The first-order chi connectivity index (χ1) is 8.72. The molecule has 0 saturated carbocycles. The largest absolute Gasteiger partial charge is 0.488 e. The van der Waals surface area contributed by atoms with E-state index in [1.165, 1.54) is 0 Å². The van der Waals surface area contributed by atoms with Gasteiger partial charge in [-0.15, -0.1) is 0 Å². The summed E-state index contributed by atoms with van der Waals surface area (Å²) in [5, 5.41) is 8.92. The number of rotatable bonds is 3. The molecule has 0 aliphatic carbocycles. The topological polar surface area (TPSA) is 71.9 Å². The van der Waals surface area contributed by atoms with E-state index in [0.717, 1.165) is 5.56 Å². The maximum absolute atomic E-state index is 8.92. The predicted molar refractivity (Wildman–Crippen MR) is 71.8 cm³/mol. The van der Waals surface area contributed by atoms with Gasteiger partial charge in [-0.05, 0) is 34.1 Å². The van der Waals surface area contributed by atoms with Gasteiger partial charge < -0.3 is 10.5 Å². The Bertz CT molecular complexity index is 607. The molecule has 4 nitrogen and oxygen atoms in total. The number of nitriles is 1. The van der Waals surface area contributed by atoms with Crippen molar-refractivity contribution in [3.63, 3.8) is 0 Å². The van der Waals surface area contributed by atoms with Gasteiger partial charge >= 0.3 is 0 Å². The van der Waals surface area contributed by atoms with Gasteiger partial charge in [-0.25, -0.2) is 4.98 Å². The van der Waals surface area contributed by atoms with Crippen LogP contribution in [-0.4, -0.2) is 4.98 Å². The third kappa shape index (κ3) is 2.60. The van der Waals surface area contributed by atoms with Crippen LogP contribution < -0.4 is 10.5 Å². The summed E-state index contributed by atoms with van der Waals surface area (Å²) < 4.78 is 6.34. The molecule has 1 aromatic carbocycles. The van der Waals surface area contributed by atoms with Crippen molar-refractivity contribution in [2.45, 2.75) is 6.61 Å². The summed E-state index contributed by atoms with van der Waals surface area (Å²) in [5.74, 6) is 0.641. The minimum absolute atomic E-state index is 0.277. The number of benzene rings is 1. The molecule has 0 saturated heterocycles. The van der Waals surface area contributed by atoms with Crippen molar-refractivity contribution in [2.75, 3.05) is 5.73 Å². The Morgan fingerprint density at radius 1 is 1.33 bits per heavy atom. The second kappa shape index (κ2) is 5.52. The Morgan fingerprint density at radius 3 is 2.94 bits per heavy atom. The minimum Gasteiger partial charge on any atom is -0.488 e. The lowest BCUT2D eigenvalue weighted by molar-refractivity contribution is 0.303. The number of anilines is 1. The van der Waals surface area contributed by atoms with Crippen LogP contribution in [-0.2, 0) is 6.61 Å². The molecule has 0 spiro atoms. The summed E-state index contributed by atoms with van der Waals surface area (Å²) in [6, 6.07) is 11.0. The molecule has 0 bridgehead atoms. The zero-order valence-corrected chi connectivity index (χ0v) is 11.0. The Balaban J connectivity index is 2.17. The van der Waals surface area contributed by atoms with Gasteiger partial charge in [0.15, 0.2) is 0 Å². The molecule has 18 heavy (non-hydrogen) atoms. The van der Waals surface area contributed by atoms with E-state index in [-0.39, 0.29) is 6.61 Å². The van der Waals surface area contributed by atoms with Gasteiger partial charge in [-0.3, -0.25) is 0 Å². The Hall–Kier alpha value is -2.06. The number of aromatic nitrogens is 1. The molecular formula is C13H10BrN3O. The zero-order chi connectivity index (χ0) is 13.0. The van der Waals surface area contributed by atoms with Gasteiger partial charge in [0, 0.05) is 17.4 Å². The lowest BCUT2D eigenvalue weighted by atomic mass is 10.2. The number of nitrogens with two attached hydrogens (primary N) is 1. The summed E-state index contributed by atoms with van der Waals surface area (Å²) in [6.45, 7) is 0.277. The van der Waals surface area contributed by atoms with Gasteiger partial charge in [-0.1, -0.05) is 12.1 Å². The molecular weight excluding hydrogens is 294 g/mol.